The first-order chi connectivity index (χ1) is 15.2. The molecule has 31 heavy (non-hydrogen) atoms. The van der Waals surface area contributed by atoms with Gasteiger partial charge in [0.2, 0.25) is 23.4 Å². The number of aromatic nitrogens is 5. The molecule has 4 aromatic rings. The van der Waals surface area contributed by atoms with E-state index in [1.54, 1.807) is 24.5 Å². The summed E-state index contributed by atoms with van der Waals surface area (Å²) in [6.07, 6.45) is 3.66. The lowest BCUT2D eigenvalue weighted by Crippen LogP contribution is -2.29. The van der Waals surface area contributed by atoms with Crippen molar-refractivity contribution < 1.29 is 18.6 Å². The summed E-state index contributed by atoms with van der Waals surface area (Å²) in [5.41, 5.74) is 6.62. The van der Waals surface area contributed by atoms with Crippen LogP contribution < -0.4 is 15.6 Å². The Morgan fingerprint density at radius 3 is 2.45 bits per heavy atom. The predicted octanol–water partition coefficient (Wildman–Crippen LogP) is 2.66. The number of carbonyl (C=O) groups is 1. The molecule has 0 unspecified atom stereocenters. The Morgan fingerprint density at radius 1 is 0.968 bits per heavy atom. The fraction of sp³-hybridized carbons (Fsp3) is 0.200. The molecule has 0 aliphatic heterocycles. The molecule has 0 bridgehead atoms. The monoisotopic (exact) mass is 421 g/mol. The van der Waals surface area contributed by atoms with Crippen molar-refractivity contribution in [2.24, 2.45) is 0 Å². The standard InChI is InChI=1S/C20H19N7O4/c1-2-29-15-5-3-13(4-6-15)18-22-17(30-26-18)8-7-16(28)24-25-20-23-19(27-31-20)14-9-11-21-12-10-14/h3-6,9-12H,2,7-8H2,1H3,(H,24,28)(H,23,25,27). The molecule has 0 saturated heterocycles. The van der Waals surface area contributed by atoms with Crippen molar-refractivity contribution in [2.75, 3.05) is 12.0 Å². The highest BCUT2D eigenvalue weighted by atomic mass is 16.5. The second-order valence-electron chi connectivity index (χ2n) is 6.30. The molecule has 3 aromatic heterocycles. The highest BCUT2D eigenvalue weighted by Crippen LogP contribution is 2.20. The van der Waals surface area contributed by atoms with Gasteiger partial charge in [0.15, 0.2) is 0 Å². The molecule has 2 N–H and O–H groups in total. The number of aryl methyl sites for hydroxylation is 1. The van der Waals surface area contributed by atoms with Gasteiger partial charge < -0.3 is 13.8 Å². The topological polar surface area (TPSA) is 141 Å². The zero-order chi connectivity index (χ0) is 21.5. The molecule has 0 saturated carbocycles. The number of benzene rings is 1. The summed E-state index contributed by atoms with van der Waals surface area (Å²) in [6, 6.07) is 10.9. The van der Waals surface area contributed by atoms with Crippen molar-refractivity contribution in [2.45, 2.75) is 19.8 Å². The lowest BCUT2D eigenvalue weighted by molar-refractivity contribution is -0.120. The van der Waals surface area contributed by atoms with Gasteiger partial charge in [0.25, 0.3) is 0 Å². The van der Waals surface area contributed by atoms with Gasteiger partial charge in [-0.1, -0.05) is 10.3 Å². The van der Waals surface area contributed by atoms with E-state index in [-0.39, 0.29) is 24.8 Å². The van der Waals surface area contributed by atoms with Gasteiger partial charge in [0.05, 0.1) is 6.61 Å². The van der Waals surface area contributed by atoms with E-state index in [9.17, 15) is 4.79 Å². The largest absolute Gasteiger partial charge is 0.494 e. The minimum atomic E-state index is -0.301. The quantitative estimate of drug-likeness (QED) is 0.387. The Hall–Kier alpha value is -4.28. The van der Waals surface area contributed by atoms with Crippen LogP contribution in [0.3, 0.4) is 0 Å². The Bertz CT molecular complexity index is 1130. The maximum atomic E-state index is 12.1. The number of amides is 1. The molecule has 0 aliphatic carbocycles. The van der Waals surface area contributed by atoms with Crippen LogP contribution in [-0.4, -0.2) is 37.8 Å². The van der Waals surface area contributed by atoms with Gasteiger partial charge in [-0.05, 0) is 43.3 Å². The van der Waals surface area contributed by atoms with E-state index in [2.05, 4.69) is 36.1 Å². The first kappa shape index (κ1) is 20.0. The van der Waals surface area contributed by atoms with Crippen molar-refractivity contribution in [3.05, 3.63) is 54.7 Å². The third kappa shape index (κ3) is 5.21. The number of hydrazine groups is 1. The molecule has 0 spiro atoms. The number of nitrogens with one attached hydrogen (secondary N) is 2. The zero-order valence-electron chi connectivity index (χ0n) is 16.6. The maximum absolute atomic E-state index is 12.1. The molecule has 158 valence electrons. The number of anilines is 1. The molecule has 11 heteroatoms. The Balaban J connectivity index is 1.25. The van der Waals surface area contributed by atoms with Gasteiger partial charge >= 0.3 is 6.01 Å². The molecule has 0 radical (unpaired) electrons. The smallest absolute Gasteiger partial charge is 0.340 e. The third-order valence-corrected chi connectivity index (χ3v) is 4.13. The van der Waals surface area contributed by atoms with Crippen LogP contribution in [0.25, 0.3) is 22.8 Å². The number of hydrogen-bond donors (Lipinski definition) is 2. The van der Waals surface area contributed by atoms with E-state index in [1.807, 2.05) is 31.2 Å². The molecule has 0 aliphatic rings. The fourth-order valence-electron chi connectivity index (χ4n) is 2.64. The van der Waals surface area contributed by atoms with Crippen LogP contribution in [0.15, 0.2) is 57.8 Å². The number of nitrogens with zero attached hydrogens (tertiary/aromatic N) is 5. The SMILES string of the molecule is CCOc1ccc(-c2noc(CCC(=O)NNc3nc(-c4ccncc4)no3)n2)cc1. The summed E-state index contributed by atoms with van der Waals surface area (Å²) in [5, 5.41) is 7.79. The summed E-state index contributed by atoms with van der Waals surface area (Å²) in [4.78, 5) is 24.5. The molecule has 1 amide bonds. The van der Waals surface area contributed by atoms with Crippen LogP contribution in [0, 0.1) is 0 Å². The van der Waals surface area contributed by atoms with Crippen LogP contribution in [0.2, 0.25) is 0 Å². The van der Waals surface area contributed by atoms with Crippen molar-refractivity contribution >= 4 is 11.9 Å². The molecule has 11 nitrogen and oxygen atoms in total. The van der Waals surface area contributed by atoms with E-state index in [0.29, 0.717) is 24.1 Å². The Labute approximate surface area is 176 Å². The van der Waals surface area contributed by atoms with Crippen LogP contribution >= 0.6 is 0 Å². The lowest BCUT2D eigenvalue weighted by atomic mass is 10.2. The average Bonchev–Trinajstić information content (AvgIpc) is 3.48. The highest BCUT2D eigenvalue weighted by Gasteiger charge is 2.12. The summed E-state index contributed by atoms with van der Waals surface area (Å²) >= 11 is 0. The highest BCUT2D eigenvalue weighted by molar-refractivity contribution is 5.77. The van der Waals surface area contributed by atoms with Crippen LogP contribution in [0.1, 0.15) is 19.2 Å². The number of pyridine rings is 1. The molecule has 4 rings (SSSR count). The normalized spacial score (nSPS) is 10.6. The average molecular weight is 421 g/mol. The third-order valence-electron chi connectivity index (χ3n) is 4.13. The Kier molecular flexibility index (Phi) is 6.12. The van der Waals surface area contributed by atoms with Gasteiger partial charge in [0.1, 0.15) is 5.75 Å². The zero-order valence-corrected chi connectivity index (χ0v) is 16.6. The van der Waals surface area contributed by atoms with Crippen molar-refractivity contribution in [1.29, 1.82) is 0 Å². The number of ether oxygens (including phenoxy) is 1. The van der Waals surface area contributed by atoms with E-state index in [1.165, 1.54) is 0 Å². The van der Waals surface area contributed by atoms with Crippen molar-refractivity contribution in [1.82, 2.24) is 30.7 Å². The molecule has 1 aromatic carbocycles. The number of rotatable bonds is 9. The second kappa shape index (κ2) is 9.48. The number of hydrogen-bond acceptors (Lipinski definition) is 10. The molecular weight excluding hydrogens is 402 g/mol. The predicted molar refractivity (Wildman–Crippen MR) is 109 cm³/mol. The lowest BCUT2D eigenvalue weighted by Gasteiger charge is -2.02. The van der Waals surface area contributed by atoms with Crippen LogP contribution in [0.4, 0.5) is 6.01 Å². The molecule has 0 atom stereocenters. The van der Waals surface area contributed by atoms with Gasteiger partial charge in [0, 0.05) is 36.4 Å². The van der Waals surface area contributed by atoms with E-state index < -0.39 is 0 Å². The van der Waals surface area contributed by atoms with Gasteiger partial charge in [-0.15, -0.1) is 0 Å². The minimum Gasteiger partial charge on any atom is -0.494 e. The molecule has 0 fully saturated rings. The maximum Gasteiger partial charge on any atom is 0.340 e. The summed E-state index contributed by atoms with van der Waals surface area (Å²) in [5.74, 6) is 1.66. The first-order valence-corrected chi connectivity index (χ1v) is 9.56. The summed E-state index contributed by atoms with van der Waals surface area (Å²) in [7, 11) is 0. The van der Waals surface area contributed by atoms with Crippen molar-refractivity contribution in [3.63, 3.8) is 0 Å². The van der Waals surface area contributed by atoms with Gasteiger partial charge in [-0.25, -0.2) is 5.43 Å². The van der Waals surface area contributed by atoms with Gasteiger partial charge in [-0.2, -0.15) is 9.97 Å². The van der Waals surface area contributed by atoms with Crippen LogP contribution in [-0.2, 0) is 11.2 Å². The minimum absolute atomic E-state index is 0.0655. The van der Waals surface area contributed by atoms with E-state index >= 15 is 0 Å². The van der Waals surface area contributed by atoms with Crippen LogP contribution in [0.5, 0.6) is 5.75 Å². The fourth-order valence-corrected chi connectivity index (χ4v) is 2.64. The Morgan fingerprint density at radius 2 is 1.68 bits per heavy atom. The van der Waals surface area contributed by atoms with E-state index in [4.69, 9.17) is 13.8 Å². The first-order valence-electron chi connectivity index (χ1n) is 9.56. The van der Waals surface area contributed by atoms with Gasteiger partial charge in [-0.3, -0.25) is 15.2 Å². The summed E-state index contributed by atoms with van der Waals surface area (Å²) < 4.78 is 15.7. The molecular formula is C20H19N7O4. The summed E-state index contributed by atoms with van der Waals surface area (Å²) in [6.45, 7) is 2.52. The molecule has 3 heterocycles. The second-order valence-corrected chi connectivity index (χ2v) is 6.30. The number of carbonyl (C=O) groups excluding carboxylic acids is 1. The van der Waals surface area contributed by atoms with Crippen molar-refractivity contribution in [3.8, 4) is 28.5 Å². The van der Waals surface area contributed by atoms with E-state index in [0.717, 1.165) is 16.9 Å².